The SMILES string of the molecule is Cc1nc(C)c(Cc2ccc(Cl)cc2)c(N2CCN(C(=O)C=Cc3ccccc3)CC2)n1. The number of benzene rings is 2. The van der Waals surface area contributed by atoms with Gasteiger partial charge in [0.2, 0.25) is 5.91 Å². The van der Waals surface area contributed by atoms with Gasteiger partial charge in [-0.15, -0.1) is 0 Å². The Morgan fingerprint density at radius 1 is 0.969 bits per heavy atom. The van der Waals surface area contributed by atoms with Gasteiger partial charge >= 0.3 is 0 Å². The topological polar surface area (TPSA) is 49.3 Å². The van der Waals surface area contributed by atoms with Crippen LogP contribution in [0.2, 0.25) is 5.02 Å². The number of nitrogens with zero attached hydrogens (tertiary/aromatic N) is 4. The third-order valence-electron chi connectivity index (χ3n) is 5.71. The molecular weight excluding hydrogens is 420 g/mol. The summed E-state index contributed by atoms with van der Waals surface area (Å²) in [6.45, 7) is 6.79. The highest BCUT2D eigenvalue weighted by Crippen LogP contribution is 2.25. The molecule has 0 radical (unpaired) electrons. The maximum absolute atomic E-state index is 12.6. The van der Waals surface area contributed by atoms with Crippen LogP contribution in [-0.4, -0.2) is 47.0 Å². The molecule has 0 bridgehead atoms. The molecule has 0 unspecified atom stereocenters. The van der Waals surface area contributed by atoms with Crippen LogP contribution in [0, 0.1) is 13.8 Å². The summed E-state index contributed by atoms with van der Waals surface area (Å²) in [5.41, 5.74) is 4.32. The van der Waals surface area contributed by atoms with Crippen molar-refractivity contribution in [1.82, 2.24) is 14.9 Å². The minimum absolute atomic E-state index is 0.0462. The summed E-state index contributed by atoms with van der Waals surface area (Å²) in [6, 6.07) is 17.8. The van der Waals surface area contributed by atoms with E-state index in [-0.39, 0.29) is 5.91 Å². The third-order valence-corrected chi connectivity index (χ3v) is 5.96. The van der Waals surface area contributed by atoms with Crippen LogP contribution in [0.1, 0.15) is 28.2 Å². The summed E-state index contributed by atoms with van der Waals surface area (Å²) in [5.74, 6) is 1.78. The van der Waals surface area contributed by atoms with Crippen molar-refractivity contribution in [1.29, 1.82) is 0 Å². The Morgan fingerprint density at radius 3 is 2.34 bits per heavy atom. The Labute approximate surface area is 194 Å². The van der Waals surface area contributed by atoms with Gasteiger partial charge in [0, 0.05) is 55.0 Å². The molecule has 0 atom stereocenters. The van der Waals surface area contributed by atoms with Gasteiger partial charge in [0.15, 0.2) is 0 Å². The van der Waals surface area contributed by atoms with Crippen molar-refractivity contribution in [3.05, 3.63) is 93.9 Å². The van der Waals surface area contributed by atoms with Gasteiger partial charge in [-0.1, -0.05) is 54.1 Å². The van der Waals surface area contributed by atoms with Gasteiger partial charge in [0.05, 0.1) is 0 Å². The van der Waals surface area contributed by atoms with Gasteiger partial charge < -0.3 is 9.80 Å². The number of hydrogen-bond acceptors (Lipinski definition) is 4. The zero-order valence-corrected chi connectivity index (χ0v) is 19.2. The number of hydrogen-bond donors (Lipinski definition) is 0. The second-order valence-corrected chi connectivity index (χ2v) is 8.45. The molecule has 164 valence electrons. The number of anilines is 1. The predicted octanol–water partition coefficient (Wildman–Crippen LogP) is 4.70. The first-order valence-corrected chi connectivity index (χ1v) is 11.2. The molecule has 5 nitrogen and oxygen atoms in total. The lowest BCUT2D eigenvalue weighted by Crippen LogP contribution is -2.49. The normalized spacial score (nSPS) is 14.2. The molecule has 4 rings (SSSR count). The van der Waals surface area contributed by atoms with Crippen molar-refractivity contribution in [2.45, 2.75) is 20.3 Å². The number of carbonyl (C=O) groups excluding carboxylic acids is 1. The first kappa shape index (κ1) is 22.0. The minimum atomic E-state index is 0.0462. The molecule has 3 aromatic rings. The molecule has 0 saturated carbocycles. The van der Waals surface area contributed by atoms with Crippen molar-refractivity contribution in [3.8, 4) is 0 Å². The van der Waals surface area contributed by atoms with Gasteiger partial charge in [-0.25, -0.2) is 9.97 Å². The number of piperazine rings is 1. The predicted molar refractivity (Wildman–Crippen MR) is 130 cm³/mol. The monoisotopic (exact) mass is 446 g/mol. The summed E-state index contributed by atoms with van der Waals surface area (Å²) in [5, 5.41) is 0.730. The van der Waals surface area contributed by atoms with Crippen LogP contribution in [0.15, 0.2) is 60.7 Å². The maximum Gasteiger partial charge on any atom is 0.246 e. The summed E-state index contributed by atoms with van der Waals surface area (Å²) in [4.78, 5) is 26.2. The van der Waals surface area contributed by atoms with Crippen LogP contribution in [0.5, 0.6) is 0 Å². The highest BCUT2D eigenvalue weighted by atomic mass is 35.5. The van der Waals surface area contributed by atoms with Gasteiger partial charge in [0.25, 0.3) is 0 Å². The fourth-order valence-corrected chi connectivity index (χ4v) is 4.09. The van der Waals surface area contributed by atoms with Crippen LogP contribution in [0.25, 0.3) is 6.08 Å². The molecule has 2 aromatic carbocycles. The fraction of sp³-hybridized carbons (Fsp3) is 0.269. The zero-order valence-electron chi connectivity index (χ0n) is 18.5. The average Bonchev–Trinajstić information content (AvgIpc) is 2.81. The van der Waals surface area contributed by atoms with Gasteiger partial charge in [-0.3, -0.25) is 4.79 Å². The maximum atomic E-state index is 12.6. The second-order valence-electron chi connectivity index (χ2n) is 8.02. The van der Waals surface area contributed by atoms with E-state index in [1.807, 2.05) is 79.4 Å². The van der Waals surface area contributed by atoms with Crippen molar-refractivity contribution in [3.63, 3.8) is 0 Å². The largest absolute Gasteiger partial charge is 0.353 e. The molecule has 1 saturated heterocycles. The van der Waals surface area contributed by atoms with E-state index in [1.165, 1.54) is 5.56 Å². The molecule has 0 aliphatic carbocycles. The van der Waals surface area contributed by atoms with Crippen LogP contribution in [0.3, 0.4) is 0 Å². The number of aromatic nitrogens is 2. The molecule has 0 spiro atoms. The number of aryl methyl sites for hydroxylation is 2. The van der Waals surface area contributed by atoms with E-state index in [2.05, 4.69) is 9.88 Å². The number of rotatable bonds is 5. The first-order valence-electron chi connectivity index (χ1n) is 10.8. The number of carbonyl (C=O) groups is 1. The fourth-order valence-electron chi connectivity index (χ4n) is 3.97. The van der Waals surface area contributed by atoms with Gasteiger partial charge in [-0.05, 0) is 43.2 Å². The third kappa shape index (κ3) is 5.35. The molecule has 1 aromatic heterocycles. The summed E-state index contributed by atoms with van der Waals surface area (Å²) >= 11 is 6.05. The van der Waals surface area contributed by atoms with Crippen molar-refractivity contribution in [2.75, 3.05) is 31.1 Å². The molecule has 0 N–H and O–H groups in total. The van der Waals surface area contributed by atoms with Crippen molar-refractivity contribution < 1.29 is 4.79 Å². The number of halogens is 1. The van der Waals surface area contributed by atoms with E-state index >= 15 is 0 Å². The minimum Gasteiger partial charge on any atom is -0.353 e. The molecule has 1 aliphatic rings. The van der Waals surface area contributed by atoms with Crippen LogP contribution in [-0.2, 0) is 11.2 Å². The highest BCUT2D eigenvalue weighted by Gasteiger charge is 2.24. The molecule has 1 fully saturated rings. The van der Waals surface area contributed by atoms with Crippen molar-refractivity contribution >= 4 is 29.4 Å². The Morgan fingerprint density at radius 2 is 1.66 bits per heavy atom. The molecule has 1 aliphatic heterocycles. The van der Waals surface area contributed by atoms with E-state index in [1.54, 1.807) is 6.08 Å². The standard InChI is InChI=1S/C26H27ClN4O/c1-19-24(18-22-8-11-23(27)12-9-22)26(29-20(2)28-19)31-16-14-30(15-17-31)25(32)13-10-21-6-4-3-5-7-21/h3-13H,14-18H2,1-2H3. The molecule has 32 heavy (non-hydrogen) atoms. The molecule has 6 heteroatoms. The number of amides is 1. The molecule has 1 amide bonds. The van der Waals surface area contributed by atoms with E-state index in [0.29, 0.717) is 13.1 Å². The van der Waals surface area contributed by atoms with Gasteiger partial charge in [-0.2, -0.15) is 0 Å². The van der Waals surface area contributed by atoms with E-state index < -0.39 is 0 Å². The smallest absolute Gasteiger partial charge is 0.246 e. The molecule has 2 heterocycles. The highest BCUT2D eigenvalue weighted by molar-refractivity contribution is 6.30. The van der Waals surface area contributed by atoms with Crippen LogP contribution in [0.4, 0.5) is 5.82 Å². The van der Waals surface area contributed by atoms with E-state index in [9.17, 15) is 4.79 Å². The van der Waals surface area contributed by atoms with Crippen LogP contribution >= 0.6 is 11.6 Å². The second kappa shape index (κ2) is 9.96. The Bertz CT molecular complexity index is 1100. The van der Waals surface area contributed by atoms with Crippen molar-refractivity contribution in [2.24, 2.45) is 0 Å². The van der Waals surface area contributed by atoms with Gasteiger partial charge in [0.1, 0.15) is 11.6 Å². The summed E-state index contributed by atoms with van der Waals surface area (Å²) in [7, 11) is 0. The Balaban J connectivity index is 1.46. The van der Waals surface area contributed by atoms with E-state index in [4.69, 9.17) is 16.6 Å². The van der Waals surface area contributed by atoms with Crippen LogP contribution < -0.4 is 4.90 Å². The lowest BCUT2D eigenvalue weighted by atomic mass is 10.0. The average molecular weight is 447 g/mol. The first-order chi connectivity index (χ1) is 15.5. The Hall–Kier alpha value is -3.18. The lowest BCUT2D eigenvalue weighted by Gasteiger charge is -2.36. The summed E-state index contributed by atoms with van der Waals surface area (Å²) < 4.78 is 0. The lowest BCUT2D eigenvalue weighted by molar-refractivity contribution is -0.126. The van der Waals surface area contributed by atoms with E-state index in [0.717, 1.165) is 53.0 Å². The zero-order chi connectivity index (χ0) is 22.5. The Kier molecular flexibility index (Phi) is 6.86. The molecular formula is C26H27ClN4O. The quantitative estimate of drug-likeness (QED) is 0.533. The summed E-state index contributed by atoms with van der Waals surface area (Å²) in [6.07, 6.45) is 4.28.